The highest BCUT2D eigenvalue weighted by Gasteiger charge is 2.34. The molecule has 1 amide bonds. The van der Waals surface area contributed by atoms with Crippen molar-refractivity contribution >= 4 is 41.2 Å². The van der Waals surface area contributed by atoms with Gasteiger partial charge in [-0.25, -0.2) is 0 Å². The van der Waals surface area contributed by atoms with Gasteiger partial charge in [0.15, 0.2) is 0 Å². The van der Waals surface area contributed by atoms with Crippen molar-refractivity contribution in [2.45, 2.75) is 64.2 Å². The highest BCUT2D eigenvalue weighted by molar-refractivity contribution is 7.98. The minimum Gasteiger partial charge on any atom is -0.325 e. The maximum atomic E-state index is 12.4. The van der Waals surface area contributed by atoms with E-state index in [0.717, 1.165) is 35.3 Å². The average Bonchev–Trinajstić information content (AvgIpc) is 2.77. The van der Waals surface area contributed by atoms with Gasteiger partial charge in [-0.1, -0.05) is 75.9 Å². The van der Waals surface area contributed by atoms with E-state index < -0.39 is 0 Å². The smallest absolute Gasteiger partial charge is 0.230 e. The van der Waals surface area contributed by atoms with Crippen LogP contribution in [0.5, 0.6) is 0 Å². The summed E-state index contributed by atoms with van der Waals surface area (Å²) < 4.78 is 0. The number of aldehydes is 1. The number of para-hydroxylation sites is 1. The number of halogens is 1. The van der Waals surface area contributed by atoms with Crippen LogP contribution in [-0.2, 0) is 16.0 Å². The van der Waals surface area contributed by atoms with Crippen molar-refractivity contribution in [1.29, 1.82) is 0 Å². The van der Waals surface area contributed by atoms with Gasteiger partial charge in [-0.3, -0.25) is 4.79 Å². The summed E-state index contributed by atoms with van der Waals surface area (Å²) in [5.74, 6) is 0.184. The molecule has 3 nitrogen and oxygen atoms in total. The second-order valence-corrected chi connectivity index (χ2v) is 8.56. The first-order chi connectivity index (χ1) is 14.5. The normalized spacial score (nSPS) is 14.3. The van der Waals surface area contributed by atoms with Crippen molar-refractivity contribution in [2.24, 2.45) is 5.41 Å². The summed E-state index contributed by atoms with van der Waals surface area (Å²) in [7, 11) is 0. The molecule has 1 aliphatic rings. The third-order valence-electron chi connectivity index (χ3n) is 5.07. The highest BCUT2D eigenvalue weighted by atomic mass is 35.5. The molecular weight excluding hydrogens is 414 g/mol. The SMILES string of the molecule is CC.CSc1ccccc1NC(=O)C1(C)CCCCC1.O=CCc1cccc(Cl)c1. The number of hydrogen-bond acceptors (Lipinski definition) is 3. The Morgan fingerprint density at radius 1 is 1.10 bits per heavy atom. The summed E-state index contributed by atoms with van der Waals surface area (Å²) in [5.41, 5.74) is 1.73. The van der Waals surface area contributed by atoms with Crippen LogP contribution in [0.2, 0.25) is 5.02 Å². The Hall–Kier alpha value is -1.78. The zero-order chi connectivity index (χ0) is 22.4. The summed E-state index contributed by atoms with van der Waals surface area (Å²) in [5, 5.41) is 3.79. The minimum absolute atomic E-state index is 0.177. The Morgan fingerprint density at radius 2 is 1.77 bits per heavy atom. The van der Waals surface area contributed by atoms with E-state index in [1.54, 1.807) is 23.9 Å². The van der Waals surface area contributed by atoms with Gasteiger partial charge in [0.1, 0.15) is 6.29 Å². The summed E-state index contributed by atoms with van der Waals surface area (Å²) in [4.78, 5) is 23.6. The molecule has 0 radical (unpaired) electrons. The zero-order valence-corrected chi connectivity index (χ0v) is 20.1. The van der Waals surface area contributed by atoms with Crippen LogP contribution in [-0.4, -0.2) is 18.4 Å². The van der Waals surface area contributed by atoms with Crippen molar-refractivity contribution in [3.05, 3.63) is 59.1 Å². The number of hydrogen-bond donors (Lipinski definition) is 1. The second-order valence-electron chi connectivity index (χ2n) is 7.28. The molecular formula is C25H34ClNO2S. The Bertz CT molecular complexity index is 788. The Morgan fingerprint density at radius 3 is 2.37 bits per heavy atom. The summed E-state index contributed by atoms with van der Waals surface area (Å²) in [6.07, 6.45) is 8.99. The van der Waals surface area contributed by atoms with Gasteiger partial charge in [0.2, 0.25) is 5.91 Å². The van der Waals surface area contributed by atoms with Crippen LogP contribution in [0.25, 0.3) is 0 Å². The Balaban J connectivity index is 0.000000318. The Kier molecular flexibility index (Phi) is 12.5. The monoisotopic (exact) mass is 447 g/mol. The second kappa shape index (κ2) is 14.3. The van der Waals surface area contributed by atoms with Crippen LogP contribution < -0.4 is 5.32 Å². The lowest BCUT2D eigenvalue weighted by Gasteiger charge is -2.32. The molecule has 0 saturated heterocycles. The van der Waals surface area contributed by atoms with E-state index in [0.29, 0.717) is 11.4 Å². The number of rotatable bonds is 5. The molecule has 0 aliphatic heterocycles. The molecule has 2 aromatic carbocycles. The highest BCUT2D eigenvalue weighted by Crippen LogP contribution is 2.37. The first kappa shape index (κ1) is 26.3. The largest absolute Gasteiger partial charge is 0.325 e. The number of nitrogens with one attached hydrogen (secondary N) is 1. The van der Waals surface area contributed by atoms with Crippen LogP contribution in [0, 0.1) is 5.41 Å². The van der Waals surface area contributed by atoms with Crippen molar-refractivity contribution in [3.8, 4) is 0 Å². The molecule has 0 atom stereocenters. The fraction of sp³-hybridized carbons (Fsp3) is 0.440. The predicted octanol–water partition coefficient (Wildman–Crippen LogP) is 7.43. The number of thioether (sulfide) groups is 1. The average molecular weight is 448 g/mol. The van der Waals surface area contributed by atoms with Gasteiger partial charge >= 0.3 is 0 Å². The third-order valence-corrected chi connectivity index (χ3v) is 6.10. The molecule has 30 heavy (non-hydrogen) atoms. The molecule has 0 bridgehead atoms. The van der Waals surface area contributed by atoms with Gasteiger partial charge in [0, 0.05) is 21.8 Å². The number of amides is 1. The molecule has 0 unspecified atom stereocenters. The lowest BCUT2D eigenvalue weighted by atomic mass is 9.75. The van der Waals surface area contributed by atoms with Gasteiger partial charge in [-0.2, -0.15) is 0 Å². The number of carbonyl (C=O) groups excluding carboxylic acids is 2. The van der Waals surface area contributed by atoms with Crippen molar-refractivity contribution in [2.75, 3.05) is 11.6 Å². The molecule has 1 aliphatic carbocycles. The predicted molar refractivity (Wildman–Crippen MR) is 131 cm³/mol. The third kappa shape index (κ3) is 8.53. The van der Waals surface area contributed by atoms with Crippen molar-refractivity contribution < 1.29 is 9.59 Å². The van der Waals surface area contributed by atoms with E-state index in [4.69, 9.17) is 11.6 Å². The summed E-state index contributed by atoms with van der Waals surface area (Å²) in [6.45, 7) is 6.10. The molecule has 0 spiro atoms. The van der Waals surface area contributed by atoms with Gasteiger partial charge in [0.05, 0.1) is 5.69 Å². The maximum absolute atomic E-state index is 12.4. The summed E-state index contributed by atoms with van der Waals surface area (Å²) >= 11 is 7.33. The van der Waals surface area contributed by atoms with Crippen LogP contribution in [0.15, 0.2) is 53.4 Å². The maximum Gasteiger partial charge on any atom is 0.230 e. The van der Waals surface area contributed by atoms with Gasteiger partial charge < -0.3 is 10.1 Å². The van der Waals surface area contributed by atoms with Crippen LogP contribution in [0.3, 0.4) is 0 Å². The van der Waals surface area contributed by atoms with E-state index in [2.05, 4.69) is 12.2 Å². The van der Waals surface area contributed by atoms with E-state index in [-0.39, 0.29) is 11.3 Å². The van der Waals surface area contributed by atoms with Crippen molar-refractivity contribution in [3.63, 3.8) is 0 Å². The molecule has 1 saturated carbocycles. The molecule has 0 heterocycles. The van der Waals surface area contributed by atoms with E-state index in [1.165, 1.54) is 19.3 Å². The zero-order valence-electron chi connectivity index (χ0n) is 18.5. The lowest BCUT2D eigenvalue weighted by Crippen LogP contribution is -2.35. The van der Waals surface area contributed by atoms with Gasteiger partial charge in [-0.05, 0) is 48.9 Å². The standard InChI is InChI=1S/C15H21NOS.C8H7ClO.C2H6/c1-15(10-6-3-7-11-15)14(17)16-12-8-4-5-9-13(12)18-2;9-8-3-1-2-7(6-8)4-5-10;1-2/h4-5,8-9H,3,6-7,10-11H2,1-2H3,(H,16,17);1-3,5-6H,4H2;1-2H3. The fourth-order valence-corrected chi connectivity index (χ4v) is 4.11. The molecule has 164 valence electrons. The molecule has 5 heteroatoms. The van der Waals surface area contributed by atoms with Crippen molar-refractivity contribution in [1.82, 2.24) is 0 Å². The molecule has 1 fully saturated rings. The fourth-order valence-electron chi connectivity index (χ4n) is 3.34. The number of anilines is 1. The van der Waals surface area contributed by atoms with Crippen LogP contribution in [0.4, 0.5) is 5.69 Å². The lowest BCUT2D eigenvalue weighted by molar-refractivity contribution is -0.126. The van der Waals surface area contributed by atoms with E-state index in [1.807, 2.05) is 56.5 Å². The summed E-state index contributed by atoms with van der Waals surface area (Å²) in [6, 6.07) is 15.3. The van der Waals surface area contributed by atoms with Crippen LogP contribution in [0.1, 0.15) is 58.4 Å². The number of carbonyl (C=O) groups is 2. The van der Waals surface area contributed by atoms with E-state index >= 15 is 0 Å². The molecule has 3 rings (SSSR count). The van der Waals surface area contributed by atoms with Crippen LogP contribution >= 0.6 is 23.4 Å². The van der Waals surface area contributed by atoms with Gasteiger partial charge in [0.25, 0.3) is 0 Å². The first-order valence-electron chi connectivity index (χ1n) is 10.6. The van der Waals surface area contributed by atoms with E-state index in [9.17, 15) is 9.59 Å². The quantitative estimate of drug-likeness (QED) is 0.383. The first-order valence-corrected chi connectivity index (χ1v) is 12.2. The molecule has 2 aromatic rings. The molecule has 0 aromatic heterocycles. The molecule has 1 N–H and O–H groups in total. The minimum atomic E-state index is -0.177. The van der Waals surface area contributed by atoms with Gasteiger partial charge in [-0.15, -0.1) is 11.8 Å². The number of benzene rings is 2. The Labute approximate surface area is 191 Å². The topological polar surface area (TPSA) is 46.2 Å².